The van der Waals surface area contributed by atoms with Crippen LogP contribution >= 0.6 is 11.3 Å². The lowest BCUT2D eigenvalue weighted by molar-refractivity contribution is 0.660. The smallest absolute Gasteiger partial charge is 0.0645 e. The topological polar surface area (TPSA) is 3.24 Å². The van der Waals surface area contributed by atoms with Gasteiger partial charge in [0.05, 0.1) is 18.0 Å². The van der Waals surface area contributed by atoms with Crippen LogP contribution in [0.5, 0.6) is 0 Å². The van der Waals surface area contributed by atoms with Crippen molar-refractivity contribution in [3.8, 4) is 33.4 Å². The lowest BCUT2D eigenvalue weighted by Crippen LogP contribution is -2.16. The Bertz CT molecular complexity index is 2910. The molecule has 1 aliphatic carbocycles. The highest BCUT2D eigenvalue weighted by Crippen LogP contribution is 2.52. The SMILES string of the molecule is [2H]c1c([2H])c([2H])c(-c2c([2H])c([2H])c(N(c3ccc4c(c3)C(C)(C)c3ccccc3-4)c3ccccc3-c3cccc4sc5ccccc5c34)c([2H])c2[2H])c([2H])c1[2H]. The maximum absolute atomic E-state index is 9.58. The molecule has 1 aliphatic rings. The van der Waals surface area contributed by atoms with Crippen LogP contribution in [0.15, 0.2) is 164 Å². The molecule has 224 valence electrons. The first-order valence-corrected chi connectivity index (χ1v) is 16.4. The van der Waals surface area contributed by atoms with Crippen LogP contribution in [0.3, 0.4) is 0 Å². The normalized spacial score (nSPS) is 15.7. The third-order valence-corrected chi connectivity index (χ3v) is 10.4. The van der Waals surface area contributed by atoms with Gasteiger partial charge in [0.2, 0.25) is 0 Å². The van der Waals surface area contributed by atoms with E-state index in [9.17, 15) is 5.48 Å². The van der Waals surface area contributed by atoms with Crippen molar-refractivity contribution in [2.45, 2.75) is 19.3 Å². The summed E-state index contributed by atoms with van der Waals surface area (Å²) >= 11 is 1.71. The zero-order valence-electron chi connectivity index (χ0n) is 34.7. The fourth-order valence-electron chi connectivity index (χ4n) is 7.03. The minimum Gasteiger partial charge on any atom is -0.310 e. The van der Waals surface area contributed by atoms with Gasteiger partial charge in [-0.1, -0.05) is 135 Å². The lowest BCUT2D eigenvalue weighted by Gasteiger charge is -2.30. The van der Waals surface area contributed by atoms with Crippen molar-refractivity contribution in [3.05, 3.63) is 175 Å². The van der Waals surface area contributed by atoms with Crippen molar-refractivity contribution in [1.82, 2.24) is 0 Å². The Morgan fingerprint density at radius 1 is 0.532 bits per heavy atom. The van der Waals surface area contributed by atoms with Crippen LogP contribution in [0.1, 0.15) is 37.3 Å². The molecule has 1 aromatic heterocycles. The Labute approximate surface area is 292 Å². The Morgan fingerprint density at radius 3 is 2.04 bits per heavy atom. The first kappa shape index (κ1) is 19.9. The Kier molecular flexibility index (Phi) is 4.59. The Hall–Kier alpha value is -5.44. The fraction of sp³-hybridized carbons (Fsp3) is 0.0667. The van der Waals surface area contributed by atoms with Crippen molar-refractivity contribution in [2.24, 2.45) is 0 Å². The van der Waals surface area contributed by atoms with Crippen LogP contribution in [0, 0.1) is 0 Å². The molecule has 2 heteroatoms. The highest BCUT2D eigenvalue weighted by atomic mass is 32.1. The maximum Gasteiger partial charge on any atom is 0.0645 e. The summed E-state index contributed by atoms with van der Waals surface area (Å²) in [7, 11) is 0. The molecule has 1 nitrogen and oxygen atoms in total. The molecular weight excluding hydrogens is 587 g/mol. The number of benzene rings is 7. The number of nitrogens with zero attached hydrogens (tertiary/aromatic N) is 1. The van der Waals surface area contributed by atoms with Crippen molar-refractivity contribution in [3.63, 3.8) is 0 Å². The van der Waals surface area contributed by atoms with Gasteiger partial charge < -0.3 is 4.90 Å². The highest BCUT2D eigenvalue weighted by molar-refractivity contribution is 7.25. The monoisotopic (exact) mass is 628 g/mol. The average molecular weight is 629 g/mol. The molecule has 7 aromatic carbocycles. The second-order valence-corrected chi connectivity index (χ2v) is 13.3. The van der Waals surface area contributed by atoms with Gasteiger partial charge in [-0.05, 0) is 81.4 Å². The molecule has 0 amide bonds. The predicted octanol–water partition coefficient (Wildman–Crippen LogP) is 13.2. The van der Waals surface area contributed by atoms with Crippen LogP contribution in [0.4, 0.5) is 17.1 Å². The van der Waals surface area contributed by atoms with Crippen LogP contribution < -0.4 is 4.90 Å². The van der Waals surface area contributed by atoms with E-state index < -0.39 is 54.4 Å². The van der Waals surface area contributed by atoms with Gasteiger partial charge in [-0.3, -0.25) is 0 Å². The van der Waals surface area contributed by atoms with Gasteiger partial charge >= 0.3 is 0 Å². The first-order valence-electron chi connectivity index (χ1n) is 20.0. The van der Waals surface area contributed by atoms with Crippen molar-refractivity contribution >= 4 is 48.6 Å². The van der Waals surface area contributed by atoms with Gasteiger partial charge in [0, 0.05) is 42.5 Å². The second-order valence-electron chi connectivity index (χ2n) is 12.3. The summed E-state index contributed by atoms with van der Waals surface area (Å²) in [5, 5.41) is 2.18. The Balaban J connectivity index is 1.36. The number of anilines is 3. The van der Waals surface area contributed by atoms with E-state index in [0.29, 0.717) is 11.4 Å². The zero-order valence-corrected chi connectivity index (χ0v) is 26.6. The van der Waals surface area contributed by atoms with Crippen LogP contribution in [0.25, 0.3) is 53.6 Å². The summed E-state index contributed by atoms with van der Waals surface area (Å²) in [4.78, 5) is 1.79. The summed E-state index contributed by atoms with van der Waals surface area (Å²) in [6.45, 7) is 4.35. The molecule has 0 N–H and O–H groups in total. The van der Waals surface area contributed by atoms with Gasteiger partial charge in [-0.25, -0.2) is 0 Å². The number of thiophene rings is 1. The minimum atomic E-state index is -0.616. The van der Waals surface area contributed by atoms with Crippen molar-refractivity contribution < 1.29 is 12.3 Å². The zero-order chi connectivity index (χ0) is 39.4. The molecule has 0 unspecified atom stereocenters. The quantitative estimate of drug-likeness (QED) is 0.183. The summed E-state index contributed by atoms with van der Waals surface area (Å²) in [6, 6.07) is 31.7. The van der Waals surface area contributed by atoms with E-state index in [-0.39, 0.29) is 22.2 Å². The molecule has 47 heavy (non-hydrogen) atoms. The maximum atomic E-state index is 9.58. The molecule has 9 rings (SSSR count). The van der Waals surface area contributed by atoms with E-state index in [1.807, 2.05) is 60.7 Å². The summed E-state index contributed by atoms with van der Waals surface area (Å²) in [6.07, 6.45) is 0. The van der Waals surface area contributed by atoms with Gasteiger partial charge in [0.1, 0.15) is 0 Å². The second kappa shape index (κ2) is 10.8. The Morgan fingerprint density at radius 2 is 1.19 bits per heavy atom. The minimum absolute atomic E-state index is 0.0285. The van der Waals surface area contributed by atoms with Crippen LogP contribution in [-0.2, 0) is 5.41 Å². The first-order chi connectivity index (χ1) is 26.8. The lowest BCUT2D eigenvalue weighted by atomic mass is 9.82. The molecule has 8 aromatic rings. The van der Waals surface area contributed by atoms with Gasteiger partial charge in [-0.2, -0.15) is 0 Å². The number of hydrogen-bond acceptors (Lipinski definition) is 2. The summed E-state index contributed by atoms with van der Waals surface area (Å²) < 4.78 is 82.0. The van der Waals surface area contributed by atoms with Gasteiger partial charge in [0.15, 0.2) is 0 Å². The molecule has 0 spiro atoms. The summed E-state index contributed by atoms with van der Waals surface area (Å²) in [5.74, 6) is 0. The van der Waals surface area contributed by atoms with E-state index in [0.717, 1.165) is 48.0 Å². The van der Waals surface area contributed by atoms with E-state index in [4.69, 9.17) is 6.85 Å². The molecule has 0 radical (unpaired) electrons. The number of rotatable bonds is 5. The standard InChI is InChI=1S/C45H33NS/c1-45(2)39-19-9-6-15-34(39)35-28-27-33(29-40(35)45)46(32-25-23-31(24-26-32)30-13-4-3-5-14-30)41-20-10-7-16-36(41)37-18-12-22-43-44(37)38-17-8-11-21-42(38)47-43/h3-29H,1-2H3/i3D,4D,5D,13D,14D,23D,24D,25D,26D. The van der Waals surface area contributed by atoms with Crippen molar-refractivity contribution in [2.75, 3.05) is 4.90 Å². The molecule has 1 heterocycles. The van der Waals surface area contributed by atoms with E-state index in [1.54, 1.807) is 16.2 Å². The molecule has 0 saturated carbocycles. The summed E-state index contributed by atoms with van der Waals surface area (Å²) in [5.41, 5.74) is 6.31. The average Bonchev–Trinajstić information content (AvgIpc) is 3.70. The van der Waals surface area contributed by atoms with Crippen molar-refractivity contribution in [1.29, 1.82) is 0 Å². The van der Waals surface area contributed by atoms with Gasteiger partial charge in [0.25, 0.3) is 0 Å². The molecule has 0 fully saturated rings. The number of para-hydroxylation sites is 1. The highest BCUT2D eigenvalue weighted by Gasteiger charge is 2.36. The van der Waals surface area contributed by atoms with E-state index in [2.05, 4.69) is 62.4 Å². The third kappa shape index (κ3) is 4.44. The number of fused-ring (bicyclic) bond motifs is 6. The molecule has 0 atom stereocenters. The molecule has 0 saturated heterocycles. The van der Waals surface area contributed by atoms with E-state index >= 15 is 0 Å². The fourth-order valence-corrected chi connectivity index (χ4v) is 8.17. The number of hydrogen-bond donors (Lipinski definition) is 0. The van der Waals surface area contributed by atoms with Crippen LogP contribution in [-0.4, -0.2) is 0 Å². The van der Waals surface area contributed by atoms with Crippen LogP contribution in [0.2, 0.25) is 0 Å². The largest absolute Gasteiger partial charge is 0.310 e. The van der Waals surface area contributed by atoms with E-state index in [1.165, 1.54) is 5.56 Å². The molecule has 0 aliphatic heterocycles. The molecular formula is C45H33NS. The van der Waals surface area contributed by atoms with Gasteiger partial charge in [-0.15, -0.1) is 11.3 Å². The third-order valence-electron chi connectivity index (χ3n) is 9.25. The predicted molar refractivity (Wildman–Crippen MR) is 202 cm³/mol. The molecule has 0 bridgehead atoms.